The van der Waals surface area contributed by atoms with E-state index in [4.69, 9.17) is 0 Å². The van der Waals surface area contributed by atoms with Gasteiger partial charge in [-0.05, 0) is 44.0 Å². The monoisotopic (exact) mass is 280 g/mol. The fraction of sp³-hybridized carbons (Fsp3) is 0.278. The van der Waals surface area contributed by atoms with Crippen molar-refractivity contribution in [2.45, 2.75) is 26.8 Å². The highest BCUT2D eigenvalue weighted by atomic mass is 16.2. The second-order valence-corrected chi connectivity index (χ2v) is 6.16. The number of benzene rings is 2. The summed E-state index contributed by atoms with van der Waals surface area (Å²) in [7, 11) is 0. The molecule has 1 aliphatic heterocycles. The maximum atomic E-state index is 12.4. The summed E-state index contributed by atoms with van der Waals surface area (Å²) >= 11 is 0. The topological polar surface area (TPSA) is 41.1 Å². The highest BCUT2D eigenvalue weighted by Gasteiger charge is 2.42. The Bertz CT molecular complexity index is 691. The predicted octanol–water partition coefficient (Wildman–Crippen LogP) is 4.13. The molecule has 1 aliphatic rings. The average molecular weight is 280 g/mol. The van der Waals surface area contributed by atoms with Crippen molar-refractivity contribution in [1.29, 1.82) is 0 Å². The predicted molar refractivity (Wildman–Crippen MR) is 86.4 cm³/mol. The number of carbonyl (C=O) groups excluding carboxylic acids is 1. The van der Waals surface area contributed by atoms with Gasteiger partial charge in [0.05, 0.1) is 11.5 Å². The van der Waals surface area contributed by atoms with Crippen LogP contribution in [0.15, 0.2) is 48.5 Å². The van der Waals surface area contributed by atoms with Crippen LogP contribution in [0.25, 0.3) is 0 Å². The van der Waals surface area contributed by atoms with Crippen LogP contribution in [0.4, 0.5) is 11.4 Å². The van der Waals surface area contributed by atoms with Crippen LogP contribution in [0.1, 0.15) is 31.0 Å². The van der Waals surface area contributed by atoms with Gasteiger partial charge in [-0.25, -0.2) is 0 Å². The van der Waals surface area contributed by atoms with Crippen LogP contribution in [-0.2, 0) is 4.79 Å². The lowest BCUT2D eigenvalue weighted by molar-refractivity contribution is -0.125. The van der Waals surface area contributed by atoms with Crippen molar-refractivity contribution in [3.63, 3.8) is 0 Å². The lowest BCUT2D eigenvalue weighted by Gasteiger charge is -2.40. The van der Waals surface area contributed by atoms with Crippen molar-refractivity contribution in [2.24, 2.45) is 5.41 Å². The van der Waals surface area contributed by atoms with Crippen molar-refractivity contribution in [3.05, 3.63) is 59.7 Å². The molecule has 0 aliphatic carbocycles. The van der Waals surface area contributed by atoms with Gasteiger partial charge in [0, 0.05) is 11.4 Å². The van der Waals surface area contributed by atoms with Crippen LogP contribution < -0.4 is 10.6 Å². The molecule has 2 aromatic rings. The Kier molecular flexibility index (Phi) is 3.20. The molecule has 1 amide bonds. The number of anilines is 2. The molecule has 2 N–H and O–H groups in total. The lowest BCUT2D eigenvalue weighted by Crippen LogP contribution is -2.43. The van der Waals surface area contributed by atoms with Gasteiger partial charge < -0.3 is 10.6 Å². The van der Waals surface area contributed by atoms with Crippen molar-refractivity contribution >= 4 is 17.3 Å². The fourth-order valence-electron chi connectivity index (χ4n) is 2.81. The summed E-state index contributed by atoms with van der Waals surface area (Å²) in [6.07, 6.45) is 0. The quantitative estimate of drug-likeness (QED) is 0.868. The maximum Gasteiger partial charge on any atom is 0.232 e. The molecule has 3 rings (SSSR count). The number of amides is 1. The van der Waals surface area contributed by atoms with E-state index in [1.807, 2.05) is 44.2 Å². The van der Waals surface area contributed by atoms with Gasteiger partial charge in [0.2, 0.25) is 5.91 Å². The van der Waals surface area contributed by atoms with E-state index in [1.54, 1.807) is 0 Å². The standard InChI is InChI=1S/C18H20N2O/c1-12-8-4-6-10-14(12)19-16-13-9-5-7-11-15(13)20-17(21)18(16,2)3/h4-11,16,19H,1-3H3,(H,20,21). The van der Waals surface area contributed by atoms with Crippen LogP contribution in [0.3, 0.4) is 0 Å². The van der Waals surface area contributed by atoms with Gasteiger partial charge in [-0.1, -0.05) is 36.4 Å². The van der Waals surface area contributed by atoms with Gasteiger partial charge in [0.15, 0.2) is 0 Å². The summed E-state index contributed by atoms with van der Waals surface area (Å²) in [6, 6.07) is 16.1. The first kappa shape index (κ1) is 13.7. The van der Waals surface area contributed by atoms with Gasteiger partial charge in [0.25, 0.3) is 0 Å². The zero-order valence-electron chi connectivity index (χ0n) is 12.6. The summed E-state index contributed by atoms with van der Waals surface area (Å²) < 4.78 is 0. The van der Waals surface area contributed by atoms with E-state index in [9.17, 15) is 4.79 Å². The summed E-state index contributed by atoms with van der Waals surface area (Å²) in [6.45, 7) is 6.03. The van der Waals surface area contributed by atoms with Crippen molar-refractivity contribution in [3.8, 4) is 0 Å². The Labute approximate surface area is 125 Å². The summed E-state index contributed by atoms with van der Waals surface area (Å²) in [5.74, 6) is 0.0484. The number of fused-ring (bicyclic) bond motifs is 1. The molecule has 1 heterocycles. The molecule has 3 nitrogen and oxygen atoms in total. The summed E-state index contributed by atoms with van der Waals surface area (Å²) in [5, 5.41) is 6.57. The van der Waals surface area contributed by atoms with Gasteiger partial charge >= 0.3 is 0 Å². The SMILES string of the molecule is Cc1ccccc1NC1c2ccccc2NC(=O)C1(C)C. The first-order valence-corrected chi connectivity index (χ1v) is 7.22. The molecule has 0 radical (unpaired) electrons. The van der Waals surface area contributed by atoms with Crippen LogP contribution >= 0.6 is 0 Å². The second kappa shape index (κ2) is 4.92. The number of hydrogen-bond acceptors (Lipinski definition) is 2. The Balaban J connectivity index is 2.06. The highest BCUT2D eigenvalue weighted by Crippen LogP contribution is 2.44. The van der Waals surface area contributed by atoms with Crippen LogP contribution in [0.2, 0.25) is 0 Å². The van der Waals surface area contributed by atoms with Gasteiger partial charge in [0.1, 0.15) is 0 Å². The lowest BCUT2D eigenvalue weighted by atomic mass is 9.76. The molecule has 3 heteroatoms. The number of aryl methyl sites for hydroxylation is 1. The number of rotatable bonds is 2. The fourth-order valence-corrected chi connectivity index (χ4v) is 2.81. The third-order valence-electron chi connectivity index (χ3n) is 4.27. The minimum atomic E-state index is -0.517. The number of carbonyl (C=O) groups is 1. The Morgan fingerprint density at radius 1 is 1.05 bits per heavy atom. The first-order chi connectivity index (χ1) is 10.00. The molecule has 0 spiro atoms. The van der Waals surface area contributed by atoms with E-state index in [1.165, 1.54) is 5.56 Å². The Morgan fingerprint density at radius 3 is 2.48 bits per heavy atom. The van der Waals surface area contributed by atoms with Crippen LogP contribution in [0.5, 0.6) is 0 Å². The van der Waals surface area contributed by atoms with E-state index in [2.05, 4.69) is 35.8 Å². The summed E-state index contributed by atoms with van der Waals surface area (Å²) in [5.41, 5.74) is 3.76. The Morgan fingerprint density at radius 2 is 1.71 bits per heavy atom. The molecule has 0 fully saturated rings. The third kappa shape index (κ3) is 2.29. The smallest absolute Gasteiger partial charge is 0.232 e. The highest BCUT2D eigenvalue weighted by molar-refractivity contribution is 5.99. The van der Waals surface area contributed by atoms with Crippen molar-refractivity contribution in [1.82, 2.24) is 0 Å². The van der Waals surface area contributed by atoms with E-state index in [-0.39, 0.29) is 11.9 Å². The van der Waals surface area contributed by atoms with Gasteiger partial charge in [-0.3, -0.25) is 4.79 Å². The molecule has 1 unspecified atom stereocenters. The first-order valence-electron chi connectivity index (χ1n) is 7.22. The van der Waals surface area contributed by atoms with Crippen LogP contribution in [-0.4, -0.2) is 5.91 Å². The molecule has 0 saturated heterocycles. The second-order valence-electron chi connectivity index (χ2n) is 6.16. The van der Waals surface area contributed by atoms with E-state index >= 15 is 0 Å². The largest absolute Gasteiger partial charge is 0.377 e. The van der Waals surface area contributed by atoms with Crippen LogP contribution in [0, 0.1) is 12.3 Å². The van der Waals surface area contributed by atoms with Crippen molar-refractivity contribution < 1.29 is 4.79 Å². The minimum Gasteiger partial charge on any atom is -0.377 e. The van der Waals surface area contributed by atoms with E-state index < -0.39 is 5.41 Å². The molecular formula is C18H20N2O. The molecule has 21 heavy (non-hydrogen) atoms. The molecule has 2 aromatic carbocycles. The number of hydrogen-bond donors (Lipinski definition) is 2. The minimum absolute atomic E-state index is 0.0484. The molecule has 0 aromatic heterocycles. The molecule has 0 saturated carbocycles. The van der Waals surface area contributed by atoms with Gasteiger partial charge in [-0.15, -0.1) is 0 Å². The molecule has 0 bridgehead atoms. The molecule has 1 atom stereocenters. The zero-order valence-corrected chi connectivity index (χ0v) is 12.6. The molecule has 108 valence electrons. The summed E-state index contributed by atoms with van der Waals surface area (Å²) in [4.78, 5) is 12.4. The zero-order chi connectivity index (χ0) is 15.0. The van der Waals surface area contributed by atoms with E-state index in [0.717, 1.165) is 16.9 Å². The normalized spacial score (nSPS) is 19.6. The van der Waals surface area contributed by atoms with Gasteiger partial charge in [-0.2, -0.15) is 0 Å². The average Bonchev–Trinajstić information content (AvgIpc) is 2.46. The number of para-hydroxylation sites is 2. The molecular weight excluding hydrogens is 260 g/mol. The maximum absolute atomic E-state index is 12.4. The third-order valence-corrected chi connectivity index (χ3v) is 4.27. The van der Waals surface area contributed by atoms with Crippen molar-refractivity contribution in [2.75, 3.05) is 10.6 Å². The Hall–Kier alpha value is -2.29. The van der Waals surface area contributed by atoms with E-state index in [0.29, 0.717) is 0 Å². The number of nitrogens with one attached hydrogen (secondary N) is 2.